The smallest absolute Gasteiger partial charge is 0.329 e. The number of hydrogen-bond acceptors (Lipinski definition) is 5. The van der Waals surface area contributed by atoms with Crippen molar-refractivity contribution in [2.24, 2.45) is 10.9 Å². The quantitative estimate of drug-likeness (QED) is 0.430. The predicted octanol–water partition coefficient (Wildman–Crippen LogP) is 2.00. The third kappa shape index (κ3) is 3.24. The molecule has 1 aliphatic carbocycles. The van der Waals surface area contributed by atoms with Gasteiger partial charge in [0.2, 0.25) is 0 Å². The number of esters is 1. The molecule has 1 atom stereocenters. The molecule has 0 radical (unpaired) electrons. The molecule has 4 nitrogen and oxygen atoms in total. The molecule has 1 rings (SSSR count). The lowest BCUT2D eigenvalue weighted by Crippen LogP contribution is -2.23. The van der Waals surface area contributed by atoms with Crippen LogP contribution in [0, 0.1) is 17.2 Å². The van der Waals surface area contributed by atoms with Crippen LogP contribution in [0.4, 0.5) is 0 Å². The molecule has 0 aromatic rings. The number of carbonyl (C=O) groups excluding carboxylic acids is 1. The number of aliphatic imine (C=N–C) groups is 1. The normalized spacial score (nSPS) is 19.2. The number of hydrogen-bond donors (Lipinski definition) is 0. The fourth-order valence-corrected chi connectivity index (χ4v) is 2.42. The summed E-state index contributed by atoms with van der Waals surface area (Å²) < 4.78 is 4.59. The van der Waals surface area contributed by atoms with E-state index in [0.29, 0.717) is 5.04 Å². The summed E-state index contributed by atoms with van der Waals surface area (Å²) in [6.07, 6.45) is 6.32. The van der Waals surface area contributed by atoms with Crippen LogP contribution >= 0.6 is 11.8 Å². The first-order valence-electron chi connectivity index (χ1n) is 5.32. The molecule has 0 heterocycles. The highest BCUT2D eigenvalue weighted by Crippen LogP contribution is 2.23. The highest BCUT2D eigenvalue weighted by Gasteiger charge is 2.26. The number of nitriles is 1. The van der Waals surface area contributed by atoms with E-state index < -0.39 is 11.9 Å². The Balaban J connectivity index is 2.78. The number of nitrogens with zero attached hydrogens (tertiary/aromatic N) is 2. The van der Waals surface area contributed by atoms with E-state index in [-0.39, 0.29) is 6.04 Å². The zero-order valence-electron chi connectivity index (χ0n) is 9.60. The minimum Gasteiger partial charge on any atom is -0.468 e. The first kappa shape index (κ1) is 13.0. The predicted molar refractivity (Wildman–Crippen MR) is 64.3 cm³/mol. The highest BCUT2D eigenvalue weighted by atomic mass is 32.2. The Morgan fingerprint density at radius 1 is 1.56 bits per heavy atom. The van der Waals surface area contributed by atoms with E-state index in [1.807, 2.05) is 12.3 Å². The van der Waals surface area contributed by atoms with Gasteiger partial charge in [-0.25, -0.2) is 0 Å². The Hall–Kier alpha value is -1.02. The van der Waals surface area contributed by atoms with Crippen LogP contribution in [-0.2, 0) is 9.53 Å². The fraction of sp³-hybridized carbons (Fsp3) is 0.727. The number of ether oxygens (including phenoxy) is 1. The lowest BCUT2D eigenvalue weighted by atomic mass is 10.2. The van der Waals surface area contributed by atoms with Crippen LogP contribution in [-0.4, -0.2) is 30.4 Å². The molecule has 88 valence electrons. The summed E-state index contributed by atoms with van der Waals surface area (Å²) in [5.74, 6) is -1.38. The van der Waals surface area contributed by atoms with E-state index >= 15 is 0 Å². The molecule has 0 saturated heterocycles. The van der Waals surface area contributed by atoms with Crippen LogP contribution in [0.5, 0.6) is 0 Å². The Bertz CT molecular complexity index is 316. The van der Waals surface area contributed by atoms with E-state index in [4.69, 9.17) is 5.26 Å². The topological polar surface area (TPSA) is 62.5 Å². The Morgan fingerprint density at radius 3 is 2.62 bits per heavy atom. The Morgan fingerprint density at radius 2 is 2.19 bits per heavy atom. The molecule has 0 amide bonds. The van der Waals surface area contributed by atoms with Gasteiger partial charge in [-0.3, -0.25) is 9.79 Å². The van der Waals surface area contributed by atoms with Gasteiger partial charge in [0.05, 0.1) is 24.3 Å². The Kier molecular flexibility index (Phi) is 5.33. The van der Waals surface area contributed by atoms with Crippen LogP contribution in [0.2, 0.25) is 0 Å². The van der Waals surface area contributed by atoms with E-state index in [0.717, 1.165) is 12.8 Å². The third-order valence-electron chi connectivity index (χ3n) is 2.66. The molecular weight excluding hydrogens is 224 g/mol. The molecule has 0 N–H and O–H groups in total. The van der Waals surface area contributed by atoms with Crippen LogP contribution < -0.4 is 0 Å². The summed E-state index contributed by atoms with van der Waals surface area (Å²) in [6, 6.07) is 2.23. The summed E-state index contributed by atoms with van der Waals surface area (Å²) in [7, 11) is 1.29. The van der Waals surface area contributed by atoms with Gasteiger partial charge in [0.15, 0.2) is 5.92 Å². The van der Waals surface area contributed by atoms with E-state index in [1.165, 1.54) is 31.7 Å². The summed E-state index contributed by atoms with van der Waals surface area (Å²) in [5, 5.41) is 9.54. The van der Waals surface area contributed by atoms with Crippen molar-refractivity contribution in [2.45, 2.75) is 31.7 Å². The number of methoxy groups -OCH3 is 1. The van der Waals surface area contributed by atoms with Gasteiger partial charge < -0.3 is 4.74 Å². The van der Waals surface area contributed by atoms with Crippen molar-refractivity contribution in [3.8, 4) is 6.07 Å². The van der Waals surface area contributed by atoms with Crippen molar-refractivity contribution >= 4 is 22.8 Å². The minimum atomic E-state index is -0.861. The van der Waals surface area contributed by atoms with E-state index in [1.54, 1.807) is 0 Å². The van der Waals surface area contributed by atoms with Crippen molar-refractivity contribution in [3.63, 3.8) is 0 Å². The fourth-order valence-electron chi connectivity index (χ4n) is 1.78. The number of rotatable bonds is 3. The van der Waals surface area contributed by atoms with Crippen LogP contribution in [0.15, 0.2) is 4.99 Å². The van der Waals surface area contributed by atoms with Gasteiger partial charge in [0.1, 0.15) is 0 Å². The van der Waals surface area contributed by atoms with Crippen molar-refractivity contribution in [3.05, 3.63) is 0 Å². The largest absolute Gasteiger partial charge is 0.468 e. The van der Waals surface area contributed by atoms with Crippen LogP contribution in [0.1, 0.15) is 25.7 Å². The molecule has 1 unspecified atom stereocenters. The van der Waals surface area contributed by atoms with E-state index in [9.17, 15) is 4.79 Å². The van der Waals surface area contributed by atoms with Gasteiger partial charge in [-0.2, -0.15) is 5.26 Å². The standard InChI is InChI=1S/C11H16N2O2S/c1-15-11(14)9(7-12)10(16-2)13-8-5-3-4-6-8/h8-9H,3-6H2,1-2H3. The molecular formula is C11H16N2O2S. The molecule has 1 saturated carbocycles. The first-order chi connectivity index (χ1) is 7.72. The van der Waals surface area contributed by atoms with Crippen molar-refractivity contribution in [2.75, 3.05) is 13.4 Å². The van der Waals surface area contributed by atoms with Crippen molar-refractivity contribution < 1.29 is 9.53 Å². The molecule has 0 bridgehead atoms. The number of thioether (sulfide) groups is 1. The lowest BCUT2D eigenvalue weighted by molar-refractivity contribution is -0.141. The van der Waals surface area contributed by atoms with Gasteiger partial charge >= 0.3 is 5.97 Å². The van der Waals surface area contributed by atoms with E-state index in [2.05, 4.69) is 9.73 Å². The molecule has 0 aromatic heterocycles. The monoisotopic (exact) mass is 240 g/mol. The van der Waals surface area contributed by atoms with Gasteiger partial charge in [0, 0.05) is 0 Å². The maximum atomic E-state index is 11.4. The SMILES string of the molecule is COC(=O)C(C#N)C(=NC1CCCC1)SC. The average molecular weight is 240 g/mol. The zero-order chi connectivity index (χ0) is 12.0. The maximum absolute atomic E-state index is 11.4. The third-order valence-corrected chi connectivity index (χ3v) is 3.42. The molecule has 0 spiro atoms. The van der Waals surface area contributed by atoms with Crippen molar-refractivity contribution in [1.29, 1.82) is 5.26 Å². The average Bonchev–Trinajstić information content (AvgIpc) is 2.81. The maximum Gasteiger partial charge on any atom is 0.329 e. The second-order valence-electron chi connectivity index (χ2n) is 3.70. The van der Waals surface area contributed by atoms with Crippen LogP contribution in [0.3, 0.4) is 0 Å². The van der Waals surface area contributed by atoms with Gasteiger partial charge in [-0.1, -0.05) is 12.8 Å². The summed E-state index contributed by atoms with van der Waals surface area (Å²) in [4.78, 5) is 15.9. The molecule has 5 heteroatoms. The van der Waals surface area contributed by atoms with Crippen molar-refractivity contribution in [1.82, 2.24) is 0 Å². The second kappa shape index (κ2) is 6.54. The molecule has 0 aromatic carbocycles. The first-order valence-corrected chi connectivity index (χ1v) is 6.54. The molecule has 0 aliphatic heterocycles. The summed E-state index contributed by atoms with van der Waals surface area (Å²) in [6.45, 7) is 0. The molecule has 1 aliphatic rings. The summed E-state index contributed by atoms with van der Waals surface area (Å²) in [5.41, 5.74) is 0. The van der Waals surface area contributed by atoms with Gasteiger partial charge in [-0.05, 0) is 19.1 Å². The van der Waals surface area contributed by atoms with Gasteiger partial charge in [0.25, 0.3) is 0 Å². The highest BCUT2D eigenvalue weighted by molar-refractivity contribution is 8.13. The summed E-state index contributed by atoms with van der Waals surface area (Å²) >= 11 is 1.36. The zero-order valence-corrected chi connectivity index (χ0v) is 10.4. The minimum absolute atomic E-state index is 0.281. The van der Waals surface area contributed by atoms with Crippen LogP contribution in [0.25, 0.3) is 0 Å². The lowest BCUT2D eigenvalue weighted by Gasteiger charge is -2.11. The number of carbonyl (C=O) groups is 1. The molecule has 1 fully saturated rings. The van der Waals surface area contributed by atoms with Gasteiger partial charge in [-0.15, -0.1) is 11.8 Å². The Labute approximate surface area is 100 Å². The molecule has 16 heavy (non-hydrogen) atoms. The second-order valence-corrected chi connectivity index (χ2v) is 4.52.